The molecule has 3 N–H and O–H groups in total. The summed E-state index contributed by atoms with van der Waals surface area (Å²) in [5.41, 5.74) is 6.39. The molecule has 9 heteroatoms. The molecule has 0 saturated heterocycles. The summed E-state index contributed by atoms with van der Waals surface area (Å²) in [6.45, 7) is 5.96. The number of nitrogens with zero attached hydrogens (tertiary/aromatic N) is 3. The molecular formula is C17H25N5O4. The van der Waals surface area contributed by atoms with Gasteiger partial charge in [0.1, 0.15) is 11.6 Å². The van der Waals surface area contributed by atoms with E-state index in [1.165, 1.54) is 16.5 Å². The summed E-state index contributed by atoms with van der Waals surface area (Å²) in [7, 11) is 1.48. The number of carbonyl (C=O) groups excluding carboxylic acids is 1. The second-order valence-electron chi connectivity index (χ2n) is 6.25. The van der Waals surface area contributed by atoms with Gasteiger partial charge in [-0.05, 0) is 26.7 Å². The van der Waals surface area contributed by atoms with E-state index in [1.807, 2.05) is 13.8 Å². The molecule has 142 valence electrons. The number of rotatable bonds is 7. The molecule has 0 aromatic carbocycles. The van der Waals surface area contributed by atoms with Crippen LogP contribution in [0.2, 0.25) is 0 Å². The van der Waals surface area contributed by atoms with Gasteiger partial charge in [0.15, 0.2) is 5.69 Å². The molecule has 0 fully saturated rings. The molecule has 2 aromatic rings. The van der Waals surface area contributed by atoms with Crippen LogP contribution in [0.5, 0.6) is 0 Å². The van der Waals surface area contributed by atoms with E-state index in [0.717, 1.165) is 24.1 Å². The Kier molecular flexibility index (Phi) is 6.01. The van der Waals surface area contributed by atoms with Gasteiger partial charge in [-0.1, -0.05) is 18.5 Å². The van der Waals surface area contributed by atoms with Gasteiger partial charge in [0, 0.05) is 25.6 Å². The maximum absolute atomic E-state index is 12.6. The lowest BCUT2D eigenvalue weighted by molar-refractivity contribution is -0.118. The number of nitrogen functional groups attached to an aromatic ring is 1. The number of aryl methyl sites for hydroxylation is 2. The monoisotopic (exact) mass is 363 g/mol. The Hall–Kier alpha value is -2.84. The van der Waals surface area contributed by atoms with Crippen LogP contribution in [-0.2, 0) is 17.8 Å². The number of aromatic amines is 1. The summed E-state index contributed by atoms with van der Waals surface area (Å²) in [5.74, 6) is 0.381. The Morgan fingerprint density at radius 3 is 2.62 bits per heavy atom. The highest BCUT2D eigenvalue weighted by Gasteiger charge is 2.21. The summed E-state index contributed by atoms with van der Waals surface area (Å²) < 4.78 is 6.38. The van der Waals surface area contributed by atoms with Gasteiger partial charge in [-0.25, -0.2) is 4.79 Å². The molecule has 26 heavy (non-hydrogen) atoms. The Morgan fingerprint density at radius 2 is 2.04 bits per heavy atom. The molecule has 0 saturated carbocycles. The van der Waals surface area contributed by atoms with Gasteiger partial charge in [0.2, 0.25) is 5.91 Å². The lowest BCUT2D eigenvalue weighted by Crippen LogP contribution is -2.39. The van der Waals surface area contributed by atoms with Gasteiger partial charge in [-0.2, -0.15) is 0 Å². The summed E-state index contributed by atoms with van der Waals surface area (Å²) in [6.07, 6.45) is 2.20. The fourth-order valence-corrected chi connectivity index (χ4v) is 2.82. The number of nitrogens with two attached hydrogens (primary N) is 1. The molecule has 0 aliphatic rings. The van der Waals surface area contributed by atoms with E-state index in [0.29, 0.717) is 18.7 Å². The lowest BCUT2D eigenvalue weighted by atomic mass is 10.1. The number of carbonyl (C=O) groups is 1. The van der Waals surface area contributed by atoms with Crippen LogP contribution in [0.3, 0.4) is 0 Å². The van der Waals surface area contributed by atoms with Crippen molar-refractivity contribution in [1.82, 2.24) is 14.7 Å². The van der Waals surface area contributed by atoms with Crippen LogP contribution in [0.4, 0.5) is 11.5 Å². The second kappa shape index (κ2) is 8.03. The first-order valence-electron chi connectivity index (χ1n) is 8.58. The summed E-state index contributed by atoms with van der Waals surface area (Å²) in [4.78, 5) is 40.2. The zero-order valence-electron chi connectivity index (χ0n) is 15.6. The first-order chi connectivity index (χ1) is 12.3. The van der Waals surface area contributed by atoms with Crippen LogP contribution in [0, 0.1) is 13.8 Å². The van der Waals surface area contributed by atoms with Crippen LogP contribution in [0.1, 0.15) is 43.2 Å². The van der Waals surface area contributed by atoms with Crippen molar-refractivity contribution in [3.8, 4) is 0 Å². The number of hydrogen-bond acceptors (Lipinski definition) is 6. The lowest BCUT2D eigenvalue weighted by Gasteiger charge is -2.20. The highest BCUT2D eigenvalue weighted by Crippen LogP contribution is 2.19. The third kappa shape index (κ3) is 3.87. The minimum Gasteiger partial charge on any atom is -0.383 e. The first kappa shape index (κ1) is 19.5. The second-order valence-corrected chi connectivity index (χ2v) is 6.25. The van der Waals surface area contributed by atoms with E-state index in [4.69, 9.17) is 10.3 Å². The molecule has 2 heterocycles. The van der Waals surface area contributed by atoms with E-state index < -0.39 is 11.2 Å². The minimum atomic E-state index is -0.673. The minimum absolute atomic E-state index is 0.000360. The number of anilines is 2. The predicted molar refractivity (Wildman–Crippen MR) is 98.4 cm³/mol. The molecule has 9 nitrogen and oxygen atoms in total. The van der Waals surface area contributed by atoms with Crippen molar-refractivity contribution in [2.75, 3.05) is 17.7 Å². The molecule has 0 aliphatic carbocycles. The van der Waals surface area contributed by atoms with Crippen molar-refractivity contribution in [3.63, 3.8) is 0 Å². The predicted octanol–water partition coefficient (Wildman–Crippen LogP) is 1.12. The largest absolute Gasteiger partial charge is 0.383 e. The fourth-order valence-electron chi connectivity index (χ4n) is 2.82. The zero-order valence-corrected chi connectivity index (χ0v) is 15.6. The van der Waals surface area contributed by atoms with Crippen molar-refractivity contribution in [2.24, 2.45) is 0 Å². The van der Waals surface area contributed by atoms with Crippen LogP contribution in [0.15, 0.2) is 14.1 Å². The van der Waals surface area contributed by atoms with E-state index >= 15 is 0 Å². The van der Waals surface area contributed by atoms with E-state index in [1.54, 1.807) is 6.92 Å². The maximum Gasteiger partial charge on any atom is 0.330 e. The van der Waals surface area contributed by atoms with Gasteiger partial charge in [-0.3, -0.25) is 19.1 Å². The van der Waals surface area contributed by atoms with Gasteiger partial charge < -0.3 is 15.2 Å². The fraction of sp³-hybridized carbons (Fsp3) is 0.529. The summed E-state index contributed by atoms with van der Waals surface area (Å²) >= 11 is 0. The van der Waals surface area contributed by atoms with Crippen molar-refractivity contribution in [2.45, 2.75) is 53.0 Å². The molecule has 2 aromatic heterocycles. The maximum atomic E-state index is 12.6. The summed E-state index contributed by atoms with van der Waals surface area (Å²) in [5, 5.41) is 3.86. The normalized spacial score (nSPS) is 10.9. The Morgan fingerprint density at radius 1 is 1.35 bits per heavy atom. The third-order valence-electron chi connectivity index (χ3n) is 4.43. The van der Waals surface area contributed by atoms with Gasteiger partial charge in [0.25, 0.3) is 5.56 Å². The topological polar surface area (TPSA) is 127 Å². The standard InChI is InChI=1S/C17H25N5O4/c1-5-6-9-22-15(18)14(16(24)19-17(22)25)21(4)13(23)8-7-12-10(2)20-26-11(12)3/h5-9,18H2,1-4H3,(H,19,24,25). The molecule has 2 rings (SSSR count). The summed E-state index contributed by atoms with van der Waals surface area (Å²) in [6, 6.07) is 0. The number of aromatic nitrogens is 3. The Labute approximate surface area is 150 Å². The molecule has 0 radical (unpaired) electrons. The van der Waals surface area contributed by atoms with Crippen LogP contribution in [0.25, 0.3) is 0 Å². The molecular weight excluding hydrogens is 338 g/mol. The zero-order chi connectivity index (χ0) is 19.4. The van der Waals surface area contributed by atoms with Crippen molar-refractivity contribution in [3.05, 3.63) is 37.9 Å². The van der Waals surface area contributed by atoms with E-state index in [-0.39, 0.29) is 23.8 Å². The smallest absolute Gasteiger partial charge is 0.330 e. The molecule has 1 amide bonds. The van der Waals surface area contributed by atoms with Crippen LogP contribution >= 0.6 is 0 Å². The average Bonchev–Trinajstić information content (AvgIpc) is 2.90. The number of nitrogens with one attached hydrogen (secondary N) is 1. The van der Waals surface area contributed by atoms with E-state index in [9.17, 15) is 14.4 Å². The van der Waals surface area contributed by atoms with Crippen LogP contribution in [-0.4, -0.2) is 27.7 Å². The molecule has 0 unspecified atom stereocenters. The highest BCUT2D eigenvalue weighted by molar-refractivity contribution is 5.95. The Bertz CT molecular complexity index is 889. The SMILES string of the molecule is CCCCn1c(N)c(N(C)C(=O)CCc2c(C)noc2C)c(=O)[nH]c1=O. The third-order valence-corrected chi connectivity index (χ3v) is 4.43. The number of amides is 1. The molecule has 0 spiro atoms. The Balaban J connectivity index is 2.25. The van der Waals surface area contributed by atoms with Gasteiger partial charge >= 0.3 is 5.69 Å². The van der Waals surface area contributed by atoms with Crippen LogP contribution < -0.4 is 21.9 Å². The number of hydrogen-bond donors (Lipinski definition) is 2. The van der Waals surface area contributed by atoms with Gasteiger partial charge in [0.05, 0.1) is 5.69 Å². The quantitative estimate of drug-likeness (QED) is 0.759. The van der Waals surface area contributed by atoms with Gasteiger partial charge in [-0.15, -0.1) is 0 Å². The molecule has 0 bridgehead atoms. The number of unbranched alkanes of at least 4 members (excludes halogenated alkanes) is 1. The first-order valence-corrected chi connectivity index (χ1v) is 8.58. The van der Waals surface area contributed by atoms with Crippen molar-refractivity contribution >= 4 is 17.4 Å². The highest BCUT2D eigenvalue weighted by atomic mass is 16.5. The van der Waals surface area contributed by atoms with Crippen molar-refractivity contribution < 1.29 is 9.32 Å². The van der Waals surface area contributed by atoms with Crippen molar-refractivity contribution in [1.29, 1.82) is 0 Å². The number of H-pyrrole nitrogens is 1. The van der Waals surface area contributed by atoms with E-state index in [2.05, 4.69) is 10.1 Å². The molecule has 0 atom stereocenters. The molecule has 0 aliphatic heterocycles. The average molecular weight is 363 g/mol.